The molecule has 0 fully saturated rings. The molecular formula is C20H15NO6. The van der Waals surface area contributed by atoms with Crippen LogP contribution < -0.4 is 15.5 Å². The Bertz CT molecular complexity index is 1100. The van der Waals surface area contributed by atoms with Crippen molar-refractivity contribution >= 4 is 34.6 Å². The standard InChI is InChI=1S/C20H15NO6/c1-26-14-6-4-13(5-7-14)21-20(25)18-11-16(22)15-10-12(3-9-19(23)24)2-8-17(15)27-18/h2-11H,1H3,(H,21,25)(H,23,24)/b9-3+. The molecule has 0 bridgehead atoms. The number of rotatable bonds is 5. The Morgan fingerprint density at radius 2 is 1.85 bits per heavy atom. The summed E-state index contributed by atoms with van der Waals surface area (Å²) < 4.78 is 10.6. The number of anilines is 1. The highest BCUT2D eigenvalue weighted by Gasteiger charge is 2.13. The zero-order valence-corrected chi connectivity index (χ0v) is 14.3. The number of carboxylic acids is 1. The molecule has 0 unspecified atom stereocenters. The van der Waals surface area contributed by atoms with Crippen LogP contribution in [0.3, 0.4) is 0 Å². The molecule has 3 aromatic rings. The molecule has 0 spiro atoms. The summed E-state index contributed by atoms with van der Waals surface area (Å²) in [5.41, 5.74) is 0.891. The molecule has 27 heavy (non-hydrogen) atoms. The summed E-state index contributed by atoms with van der Waals surface area (Å²) in [5, 5.41) is 11.6. The average molecular weight is 365 g/mol. The van der Waals surface area contributed by atoms with E-state index in [1.54, 1.807) is 37.4 Å². The molecule has 7 nitrogen and oxygen atoms in total. The molecule has 1 aromatic heterocycles. The lowest BCUT2D eigenvalue weighted by molar-refractivity contribution is -0.131. The molecule has 136 valence electrons. The molecule has 3 rings (SSSR count). The van der Waals surface area contributed by atoms with Gasteiger partial charge in [-0.3, -0.25) is 9.59 Å². The van der Waals surface area contributed by atoms with Gasteiger partial charge in [0.15, 0.2) is 11.2 Å². The molecular weight excluding hydrogens is 350 g/mol. The normalized spacial score (nSPS) is 10.9. The zero-order valence-electron chi connectivity index (χ0n) is 14.3. The third kappa shape index (κ3) is 4.21. The molecule has 0 saturated heterocycles. The SMILES string of the molecule is COc1ccc(NC(=O)c2cc(=O)c3cc(/C=C/C(=O)O)ccc3o2)cc1. The van der Waals surface area contributed by atoms with E-state index in [2.05, 4.69) is 5.32 Å². The van der Waals surface area contributed by atoms with Crippen LogP contribution in [0, 0.1) is 0 Å². The van der Waals surface area contributed by atoms with Crippen molar-refractivity contribution in [1.29, 1.82) is 0 Å². The largest absolute Gasteiger partial charge is 0.497 e. The number of carboxylic acid groups (broad SMARTS) is 1. The van der Waals surface area contributed by atoms with Crippen LogP contribution in [0.4, 0.5) is 5.69 Å². The Morgan fingerprint density at radius 1 is 1.11 bits per heavy atom. The maximum atomic E-state index is 12.4. The number of fused-ring (bicyclic) bond motifs is 1. The monoisotopic (exact) mass is 365 g/mol. The first-order valence-corrected chi connectivity index (χ1v) is 7.90. The number of methoxy groups -OCH3 is 1. The highest BCUT2D eigenvalue weighted by Crippen LogP contribution is 2.18. The quantitative estimate of drug-likeness (QED) is 0.673. The molecule has 0 aliphatic carbocycles. The fourth-order valence-electron chi connectivity index (χ4n) is 2.42. The molecule has 0 aliphatic heterocycles. The fourth-order valence-corrected chi connectivity index (χ4v) is 2.42. The van der Waals surface area contributed by atoms with Gasteiger partial charge < -0.3 is 19.6 Å². The number of carbonyl (C=O) groups is 2. The lowest BCUT2D eigenvalue weighted by Crippen LogP contribution is -2.15. The summed E-state index contributed by atoms with van der Waals surface area (Å²) >= 11 is 0. The molecule has 1 amide bonds. The summed E-state index contributed by atoms with van der Waals surface area (Å²) in [6, 6.07) is 12.4. The molecule has 2 aromatic carbocycles. The van der Waals surface area contributed by atoms with E-state index in [1.807, 2.05) is 0 Å². The minimum absolute atomic E-state index is 0.128. The predicted octanol–water partition coefficient (Wildman–Crippen LogP) is 3.15. The smallest absolute Gasteiger partial charge is 0.328 e. The van der Waals surface area contributed by atoms with E-state index in [9.17, 15) is 14.4 Å². The van der Waals surface area contributed by atoms with Gasteiger partial charge in [-0.15, -0.1) is 0 Å². The van der Waals surface area contributed by atoms with E-state index in [1.165, 1.54) is 18.2 Å². The molecule has 0 atom stereocenters. The molecule has 7 heteroatoms. The van der Waals surface area contributed by atoms with Crippen LogP contribution >= 0.6 is 0 Å². The highest BCUT2D eigenvalue weighted by atomic mass is 16.5. The second-order valence-corrected chi connectivity index (χ2v) is 5.58. The van der Waals surface area contributed by atoms with Crippen LogP contribution in [0.1, 0.15) is 16.1 Å². The number of amides is 1. The van der Waals surface area contributed by atoms with Crippen molar-refractivity contribution in [3.63, 3.8) is 0 Å². The number of hydrogen-bond donors (Lipinski definition) is 2. The van der Waals surface area contributed by atoms with Gasteiger partial charge >= 0.3 is 5.97 Å². The van der Waals surface area contributed by atoms with E-state index in [0.29, 0.717) is 17.0 Å². The number of benzene rings is 2. The molecule has 1 heterocycles. The number of hydrogen-bond acceptors (Lipinski definition) is 5. The Morgan fingerprint density at radius 3 is 2.52 bits per heavy atom. The van der Waals surface area contributed by atoms with E-state index in [-0.39, 0.29) is 16.7 Å². The zero-order chi connectivity index (χ0) is 19.4. The number of carbonyl (C=O) groups excluding carboxylic acids is 1. The number of ether oxygens (including phenoxy) is 1. The van der Waals surface area contributed by atoms with Gasteiger partial charge in [-0.1, -0.05) is 6.07 Å². The van der Waals surface area contributed by atoms with Crippen LogP contribution in [-0.2, 0) is 4.79 Å². The van der Waals surface area contributed by atoms with Gasteiger partial charge in [0.05, 0.1) is 12.5 Å². The summed E-state index contributed by atoms with van der Waals surface area (Å²) in [7, 11) is 1.54. The van der Waals surface area contributed by atoms with Gasteiger partial charge in [-0.05, 0) is 48.0 Å². The van der Waals surface area contributed by atoms with Gasteiger partial charge in [-0.25, -0.2) is 4.79 Å². The first-order chi connectivity index (χ1) is 13.0. The summed E-state index contributed by atoms with van der Waals surface area (Å²) in [6.07, 6.45) is 2.34. The van der Waals surface area contributed by atoms with Gasteiger partial charge in [0.25, 0.3) is 5.91 Å². The van der Waals surface area contributed by atoms with Crippen molar-refractivity contribution in [1.82, 2.24) is 0 Å². The van der Waals surface area contributed by atoms with Crippen LogP contribution in [0.5, 0.6) is 5.75 Å². The maximum absolute atomic E-state index is 12.4. The second kappa shape index (κ2) is 7.57. The summed E-state index contributed by atoms with van der Waals surface area (Å²) in [4.78, 5) is 35.3. The van der Waals surface area contributed by atoms with Crippen LogP contribution in [0.2, 0.25) is 0 Å². The fraction of sp³-hybridized carbons (Fsp3) is 0.0500. The minimum Gasteiger partial charge on any atom is -0.497 e. The van der Waals surface area contributed by atoms with E-state index < -0.39 is 17.3 Å². The van der Waals surface area contributed by atoms with E-state index in [0.717, 1.165) is 12.1 Å². The van der Waals surface area contributed by atoms with Crippen molar-refractivity contribution in [3.8, 4) is 5.75 Å². The van der Waals surface area contributed by atoms with Gasteiger partial charge in [0, 0.05) is 17.8 Å². The predicted molar refractivity (Wildman–Crippen MR) is 100 cm³/mol. The lowest BCUT2D eigenvalue weighted by atomic mass is 10.1. The van der Waals surface area contributed by atoms with Crippen molar-refractivity contribution < 1.29 is 23.8 Å². The van der Waals surface area contributed by atoms with Gasteiger partial charge in [0.1, 0.15) is 11.3 Å². The Kier molecular flexibility index (Phi) is 5.03. The van der Waals surface area contributed by atoms with Crippen LogP contribution in [-0.4, -0.2) is 24.1 Å². The molecule has 2 N–H and O–H groups in total. The Balaban J connectivity index is 1.88. The van der Waals surface area contributed by atoms with Crippen LogP contribution in [0.15, 0.2) is 63.8 Å². The highest BCUT2D eigenvalue weighted by molar-refractivity contribution is 6.03. The lowest BCUT2D eigenvalue weighted by Gasteiger charge is -2.07. The van der Waals surface area contributed by atoms with E-state index >= 15 is 0 Å². The van der Waals surface area contributed by atoms with Crippen molar-refractivity contribution in [3.05, 3.63) is 76.2 Å². The molecule has 0 radical (unpaired) electrons. The number of nitrogens with one attached hydrogen (secondary N) is 1. The first-order valence-electron chi connectivity index (χ1n) is 7.90. The van der Waals surface area contributed by atoms with Crippen molar-refractivity contribution in [2.75, 3.05) is 12.4 Å². The van der Waals surface area contributed by atoms with Gasteiger partial charge in [0.2, 0.25) is 0 Å². The third-order valence-corrected chi connectivity index (χ3v) is 3.74. The summed E-state index contributed by atoms with van der Waals surface area (Å²) in [5.74, 6) is -1.13. The third-order valence-electron chi connectivity index (χ3n) is 3.74. The van der Waals surface area contributed by atoms with Crippen molar-refractivity contribution in [2.45, 2.75) is 0 Å². The number of aliphatic carboxylic acids is 1. The minimum atomic E-state index is -1.09. The average Bonchev–Trinajstić information content (AvgIpc) is 2.67. The second-order valence-electron chi connectivity index (χ2n) is 5.58. The summed E-state index contributed by atoms with van der Waals surface area (Å²) in [6.45, 7) is 0. The Labute approximate surface area is 153 Å². The molecule has 0 aliphatic rings. The van der Waals surface area contributed by atoms with E-state index in [4.69, 9.17) is 14.3 Å². The van der Waals surface area contributed by atoms with Gasteiger partial charge in [-0.2, -0.15) is 0 Å². The topological polar surface area (TPSA) is 106 Å². The van der Waals surface area contributed by atoms with Crippen molar-refractivity contribution in [2.24, 2.45) is 0 Å². The molecule has 0 saturated carbocycles. The first kappa shape index (κ1) is 17.9. The Hall–Kier alpha value is -3.87. The van der Waals surface area contributed by atoms with Crippen LogP contribution in [0.25, 0.3) is 17.0 Å². The maximum Gasteiger partial charge on any atom is 0.328 e.